The highest BCUT2D eigenvalue weighted by atomic mass is 35.5. The number of benzene rings is 1. The van der Waals surface area contributed by atoms with Crippen molar-refractivity contribution >= 4 is 34.5 Å². The Morgan fingerprint density at radius 1 is 1.38 bits per heavy atom. The van der Waals surface area contributed by atoms with Gasteiger partial charge >= 0.3 is 0 Å². The fraction of sp³-hybridized carbons (Fsp3) is 0.375. The molecule has 0 saturated heterocycles. The Morgan fingerprint density at radius 2 is 2.19 bits per heavy atom. The predicted octanol–water partition coefficient (Wildman–Crippen LogP) is 4.67. The standard InChI is InChI=1S/C16H18Cl2N2S/c1-10-11-6-8-21-15(11)5-7-20(10)14(9-19)12-3-2-4-13(17)16(12)18/h2-4,6,8,10,14H,5,7,9,19H2,1H3. The van der Waals surface area contributed by atoms with Gasteiger partial charge in [-0.05, 0) is 42.0 Å². The smallest absolute Gasteiger partial charge is 0.0640 e. The van der Waals surface area contributed by atoms with Crippen molar-refractivity contribution in [2.45, 2.75) is 25.4 Å². The van der Waals surface area contributed by atoms with Crippen LogP contribution in [0.5, 0.6) is 0 Å². The van der Waals surface area contributed by atoms with E-state index < -0.39 is 0 Å². The van der Waals surface area contributed by atoms with Crippen molar-refractivity contribution < 1.29 is 0 Å². The van der Waals surface area contributed by atoms with E-state index in [1.54, 1.807) is 0 Å². The van der Waals surface area contributed by atoms with Gasteiger partial charge in [0, 0.05) is 30.1 Å². The number of thiophene rings is 1. The summed E-state index contributed by atoms with van der Waals surface area (Å²) >= 11 is 14.4. The van der Waals surface area contributed by atoms with Crippen LogP contribution >= 0.6 is 34.5 Å². The SMILES string of the molecule is CC1c2ccsc2CCN1C(CN)c1cccc(Cl)c1Cl. The third-order valence-electron chi connectivity index (χ3n) is 4.29. The third-order valence-corrected chi connectivity index (χ3v) is 6.12. The first-order chi connectivity index (χ1) is 10.1. The van der Waals surface area contributed by atoms with E-state index >= 15 is 0 Å². The molecule has 0 amide bonds. The highest BCUT2D eigenvalue weighted by Gasteiger charge is 2.31. The zero-order valence-corrected chi connectivity index (χ0v) is 14.2. The van der Waals surface area contributed by atoms with Crippen LogP contribution in [0, 0.1) is 0 Å². The molecular formula is C16H18Cl2N2S. The summed E-state index contributed by atoms with van der Waals surface area (Å²) in [6.07, 6.45) is 1.08. The predicted molar refractivity (Wildman–Crippen MR) is 91.4 cm³/mol. The van der Waals surface area contributed by atoms with Gasteiger partial charge in [0.2, 0.25) is 0 Å². The molecule has 21 heavy (non-hydrogen) atoms. The van der Waals surface area contributed by atoms with Crippen LogP contribution in [0.15, 0.2) is 29.6 Å². The second-order valence-corrected chi connectivity index (χ2v) is 7.14. The monoisotopic (exact) mass is 340 g/mol. The van der Waals surface area contributed by atoms with Gasteiger partial charge in [0.15, 0.2) is 0 Å². The Labute approximate surface area is 139 Å². The van der Waals surface area contributed by atoms with E-state index in [0.29, 0.717) is 22.6 Å². The van der Waals surface area contributed by atoms with Crippen molar-refractivity contribution in [1.29, 1.82) is 0 Å². The summed E-state index contributed by atoms with van der Waals surface area (Å²) in [7, 11) is 0. The molecule has 0 aliphatic carbocycles. The lowest BCUT2D eigenvalue weighted by molar-refractivity contribution is 0.139. The molecule has 3 rings (SSSR count). The lowest BCUT2D eigenvalue weighted by Crippen LogP contribution is -2.39. The maximum absolute atomic E-state index is 6.40. The molecule has 1 aromatic heterocycles. The first-order valence-corrected chi connectivity index (χ1v) is 8.73. The van der Waals surface area contributed by atoms with E-state index in [4.69, 9.17) is 28.9 Å². The second kappa shape index (κ2) is 6.27. The number of nitrogens with zero attached hydrogens (tertiary/aromatic N) is 1. The van der Waals surface area contributed by atoms with Crippen molar-refractivity contribution in [2.75, 3.05) is 13.1 Å². The van der Waals surface area contributed by atoms with Crippen LogP contribution in [-0.4, -0.2) is 18.0 Å². The summed E-state index contributed by atoms with van der Waals surface area (Å²) in [5, 5.41) is 3.39. The van der Waals surface area contributed by atoms with Gasteiger partial charge in [0.05, 0.1) is 10.0 Å². The molecule has 2 aromatic rings. The van der Waals surface area contributed by atoms with E-state index in [2.05, 4.69) is 23.3 Å². The molecule has 2 nitrogen and oxygen atoms in total. The van der Waals surface area contributed by atoms with Crippen molar-refractivity contribution in [3.05, 3.63) is 55.7 Å². The fourth-order valence-corrected chi connectivity index (χ4v) is 4.57. The average molecular weight is 341 g/mol. The first-order valence-electron chi connectivity index (χ1n) is 7.09. The highest BCUT2D eigenvalue weighted by molar-refractivity contribution is 7.10. The van der Waals surface area contributed by atoms with Crippen LogP contribution in [0.4, 0.5) is 0 Å². The van der Waals surface area contributed by atoms with Crippen molar-refractivity contribution in [3.8, 4) is 0 Å². The Morgan fingerprint density at radius 3 is 2.95 bits per heavy atom. The molecule has 0 saturated carbocycles. The summed E-state index contributed by atoms with van der Waals surface area (Å²) in [6.45, 7) is 3.77. The minimum Gasteiger partial charge on any atom is -0.329 e. The molecule has 0 bridgehead atoms. The molecule has 0 fully saturated rings. The summed E-state index contributed by atoms with van der Waals surface area (Å²) in [5.74, 6) is 0. The summed E-state index contributed by atoms with van der Waals surface area (Å²) in [4.78, 5) is 3.93. The number of hydrogen-bond donors (Lipinski definition) is 1. The van der Waals surface area contributed by atoms with Crippen LogP contribution in [0.3, 0.4) is 0 Å². The molecule has 1 aromatic carbocycles. The molecule has 2 atom stereocenters. The summed E-state index contributed by atoms with van der Waals surface area (Å²) in [6, 6.07) is 8.46. The third kappa shape index (κ3) is 2.73. The van der Waals surface area contributed by atoms with Gasteiger partial charge in [0.1, 0.15) is 0 Å². The number of rotatable bonds is 3. The van der Waals surface area contributed by atoms with Gasteiger partial charge in [-0.1, -0.05) is 35.3 Å². The lowest BCUT2D eigenvalue weighted by Gasteiger charge is -2.39. The number of fused-ring (bicyclic) bond motifs is 1. The quantitative estimate of drug-likeness (QED) is 0.879. The molecular weight excluding hydrogens is 323 g/mol. The Balaban J connectivity index is 1.96. The summed E-state index contributed by atoms with van der Waals surface area (Å²) < 4.78 is 0. The minimum absolute atomic E-state index is 0.0965. The number of hydrogen-bond acceptors (Lipinski definition) is 3. The Kier molecular flexibility index (Phi) is 4.57. The van der Waals surface area contributed by atoms with Crippen LogP contribution in [0.2, 0.25) is 10.0 Å². The molecule has 0 spiro atoms. The van der Waals surface area contributed by atoms with E-state index in [1.807, 2.05) is 29.5 Å². The topological polar surface area (TPSA) is 29.3 Å². The van der Waals surface area contributed by atoms with E-state index in [-0.39, 0.29) is 6.04 Å². The van der Waals surface area contributed by atoms with Gasteiger partial charge in [-0.3, -0.25) is 4.90 Å². The van der Waals surface area contributed by atoms with Crippen LogP contribution in [-0.2, 0) is 6.42 Å². The highest BCUT2D eigenvalue weighted by Crippen LogP contribution is 2.40. The Hall–Kier alpha value is -0.580. The van der Waals surface area contributed by atoms with Gasteiger partial charge in [-0.15, -0.1) is 11.3 Å². The van der Waals surface area contributed by atoms with Crippen LogP contribution < -0.4 is 5.73 Å². The average Bonchev–Trinajstić information content (AvgIpc) is 2.95. The first kappa shape index (κ1) is 15.3. The molecule has 0 radical (unpaired) electrons. The molecule has 2 unspecified atom stereocenters. The van der Waals surface area contributed by atoms with Gasteiger partial charge in [-0.2, -0.15) is 0 Å². The largest absolute Gasteiger partial charge is 0.329 e. The van der Waals surface area contributed by atoms with Crippen LogP contribution in [0.1, 0.15) is 35.0 Å². The molecule has 112 valence electrons. The molecule has 1 aliphatic rings. The molecule has 2 heterocycles. The number of halogens is 2. The summed E-state index contributed by atoms with van der Waals surface area (Å²) in [5.41, 5.74) is 8.52. The Bertz CT molecular complexity index is 641. The van der Waals surface area contributed by atoms with Crippen molar-refractivity contribution in [3.63, 3.8) is 0 Å². The normalized spacial score (nSPS) is 20.3. The fourth-order valence-electron chi connectivity index (χ4n) is 3.17. The van der Waals surface area contributed by atoms with Crippen molar-refractivity contribution in [1.82, 2.24) is 4.90 Å². The maximum Gasteiger partial charge on any atom is 0.0640 e. The van der Waals surface area contributed by atoms with Gasteiger partial charge < -0.3 is 5.73 Å². The zero-order chi connectivity index (χ0) is 15.0. The minimum atomic E-state index is 0.0965. The molecule has 1 aliphatic heterocycles. The lowest BCUT2D eigenvalue weighted by atomic mass is 9.96. The number of nitrogens with two attached hydrogens (primary N) is 1. The maximum atomic E-state index is 6.40. The molecule has 5 heteroatoms. The van der Waals surface area contributed by atoms with Gasteiger partial charge in [0.25, 0.3) is 0 Å². The van der Waals surface area contributed by atoms with E-state index in [9.17, 15) is 0 Å². The van der Waals surface area contributed by atoms with Gasteiger partial charge in [-0.25, -0.2) is 0 Å². The van der Waals surface area contributed by atoms with E-state index in [1.165, 1.54) is 10.4 Å². The van der Waals surface area contributed by atoms with Crippen LogP contribution in [0.25, 0.3) is 0 Å². The molecule has 2 N–H and O–H groups in total. The van der Waals surface area contributed by atoms with Crippen molar-refractivity contribution in [2.24, 2.45) is 5.73 Å². The second-order valence-electron chi connectivity index (χ2n) is 5.36. The zero-order valence-electron chi connectivity index (χ0n) is 11.9. The van der Waals surface area contributed by atoms with E-state index in [0.717, 1.165) is 18.5 Å².